The van der Waals surface area contributed by atoms with Crippen molar-refractivity contribution in [2.45, 2.75) is 80.9 Å². The molecule has 5 aromatic heterocycles. The van der Waals surface area contributed by atoms with Gasteiger partial charge >= 0.3 is 42.6 Å². The predicted molar refractivity (Wildman–Crippen MR) is 246 cm³/mol. The summed E-state index contributed by atoms with van der Waals surface area (Å²) < 4.78 is 115. The zero-order chi connectivity index (χ0) is 55.2. The zero-order valence-corrected chi connectivity index (χ0v) is 43.1. The first-order valence-electron chi connectivity index (χ1n) is 22.2. The number of aliphatic hydroxyl groups excluding tert-OH is 3. The number of methoxy groups -OCH3 is 1. The molecule has 4 unspecified atom stereocenters. The molecule has 3 saturated heterocycles. The number of nitrogens with zero attached hydrogens (tertiary/aromatic N) is 8. The quantitative estimate of drug-likeness (QED) is 0.0174. The Morgan fingerprint density at radius 3 is 2.12 bits per heavy atom. The van der Waals surface area contributed by atoms with Gasteiger partial charge in [-0.05, 0) is 13.3 Å². The Morgan fingerprint density at radius 2 is 1.45 bits per heavy atom. The first-order chi connectivity index (χ1) is 35.7. The number of ether oxygens (including phenoxy) is 5. The molecule has 41 heteroatoms. The molecule has 3 aliphatic rings. The summed E-state index contributed by atoms with van der Waals surface area (Å²) in [6.07, 6.45) is -13.1. The lowest BCUT2D eigenvalue weighted by Crippen LogP contribution is -2.45. The molecule has 16 atom stereocenters. The summed E-state index contributed by atoms with van der Waals surface area (Å²) in [7, 11) is -20.8. The van der Waals surface area contributed by atoms with Crippen LogP contribution in [0.3, 0.4) is 0 Å². The van der Waals surface area contributed by atoms with E-state index in [1.54, 1.807) is 6.92 Å². The van der Waals surface area contributed by atoms with Gasteiger partial charge in [0.2, 0.25) is 11.7 Å². The van der Waals surface area contributed by atoms with Gasteiger partial charge in [0.25, 0.3) is 17.1 Å². The number of nitrogens with two attached hydrogens (primary N) is 2. The number of nitrogens with one attached hydrogen (secondary N) is 2. The predicted octanol–water partition coefficient (Wildman–Crippen LogP) is -3.19. The molecule has 37 nitrogen and oxygen atoms in total. The number of nitrogen functional groups attached to an aromatic ring is 2. The fraction of sp³-hybridized carbons (Fsp3) is 0.600. The number of imidazole rings is 2. The van der Waals surface area contributed by atoms with E-state index < -0.39 is 141 Å². The summed E-state index contributed by atoms with van der Waals surface area (Å²) in [5, 5.41) is 32.7. The smallest absolute Gasteiger partial charge is 0.387 e. The molecule has 0 saturated carbocycles. The summed E-state index contributed by atoms with van der Waals surface area (Å²) in [6.45, 7) is -1.16. The van der Waals surface area contributed by atoms with E-state index in [1.165, 1.54) is 27.1 Å². The molecule has 3 aliphatic heterocycles. The highest BCUT2D eigenvalue weighted by atomic mass is 31.3. The molecule has 0 bridgehead atoms. The number of rotatable bonds is 23. The van der Waals surface area contributed by atoms with Crippen molar-refractivity contribution in [3.63, 3.8) is 0 Å². The molecule has 76 heavy (non-hydrogen) atoms. The fourth-order valence-corrected chi connectivity index (χ4v) is 13.1. The first-order valence-corrected chi connectivity index (χ1v) is 28.2. The van der Waals surface area contributed by atoms with E-state index >= 15 is 0 Å². The Morgan fingerprint density at radius 1 is 0.789 bits per heavy atom. The molecule has 3 fully saturated rings. The van der Waals surface area contributed by atoms with Gasteiger partial charge in [-0.25, -0.2) is 42.6 Å². The highest BCUT2D eigenvalue weighted by Gasteiger charge is 2.54. The number of phosphoric ester groups is 3. The summed E-state index contributed by atoms with van der Waals surface area (Å²) in [4.78, 5) is 99.8. The second kappa shape index (κ2) is 22.6. The van der Waals surface area contributed by atoms with E-state index in [9.17, 15) is 67.5 Å². The molecule has 420 valence electrons. The SMILES string of the molecule is CCOCC[C@H]1[C@@H](O)[C@H]([n+]2cn(C)c3c(=O)[nH]c(N)nc32)O[C@@H]1COP(=O)(O)OP(=O)(O)OP(=O)(O)OC[C@H]1O[C@@H](n2cnc3c(N)ncnc32)[C@H](OC)[C@@H]1OP(=O)(O)OC[C@H]1O[C@@H](n2ccc(=O)[nH]c2=O)[C@H](O)[C@@H]1O. The van der Waals surface area contributed by atoms with Crippen molar-refractivity contribution in [2.24, 2.45) is 13.0 Å². The highest BCUT2D eigenvalue weighted by molar-refractivity contribution is 7.66. The Balaban J connectivity index is 0.943. The minimum Gasteiger partial charge on any atom is -0.387 e. The van der Waals surface area contributed by atoms with Gasteiger partial charge in [-0.1, -0.05) is 4.98 Å². The number of aliphatic hydroxyl groups is 3. The Kier molecular flexibility index (Phi) is 17.1. The number of H-pyrrole nitrogens is 2. The number of anilines is 2. The summed E-state index contributed by atoms with van der Waals surface area (Å²) in [5.41, 5.74) is 9.37. The lowest BCUT2D eigenvalue weighted by molar-refractivity contribution is -0.745. The van der Waals surface area contributed by atoms with Crippen LogP contribution >= 0.6 is 31.3 Å². The molecular formula is C35H51N12O25P4+. The van der Waals surface area contributed by atoms with E-state index in [0.717, 1.165) is 36.6 Å². The molecule has 0 aromatic carbocycles. The van der Waals surface area contributed by atoms with Gasteiger partial charge in [0.15, 0.2) is 30.2 Å². The average molecular weight is 1160 g/mol. The Labute approximate surface area is 424 Å². The van der Waals surface area contributed by atoms with E-state index in [0.29, 0.717) is 0 Å². The van der Waals surface area contributed by atoms with Gasteiger partial charge in [0.05, 0.1) is 39.3 Å². The van der Waals surface area contributed by atoms with E-state index in [1.807, 2.05) is 4.98 Å². The highest BCUT2D eigenvalue weighted by Crippen LogP contribution is 2.68. The first kappa shape index (κ1) is 57.6. The van der Waals surface area contributed by atoms with E-state index in [2.05, 4.69) is 33.5 Å². The zero-order valence-electron chi connectivity index (χ0n) is 39.6. The standard InChI is InChI=1S/C35H50N12O25P4/c1-4-63-8-6-15-16(67-31(22(15)49)47-14-44(2)21-29(47)42-34(37)43-30(21)52)9-65-74(56,57)71-76(60,61)72-75(58,59)66-11-18-25(26(62-3)33(69-18)46-13-40-20-27(36)38-12-39-28(20)46)70-73(54,55)64-10-17-23(50)24(51)32(68-17)45-7-5-19(48)41-35(45)53/h5,7,12-18,22-26,31-33,49-51H,4,6,8-11H2,1-3H3,(H9-,36,37,38,39,41,42,43,48,52,53,54,55,56,57,58,59,60,61)/p+1/t15-,16-,17-,18-,22-,23-,24-,25-,26-,31-,32-,33-/m1/s1. The van der Waals surface area contributed by atoms with Gasteiger partial charge in [-0.15, -0.1) is 0 Å². The normalized spacial score (nSPS) is 30.1. The summed E-state index contributed by atoms with van der Waals surface area (Å²) in [5.74, 6) is -1.28. The van der Waals surface area contributed by atoms with Crippen molar-refractivity contribution in [2.75, 3.05) is 51.6 Å². The molecule has 5 aromatic rings. The lowest BCUT2D eigenvalue weighted by atomic mass is 9.95. The molecule has 8 heterocycles. The van der Waals surface area contributed by atoms with Crippen LogP contribution in [0.4, 0.5) is 11.8 Å². The summed E-state index contributed by atoms with van der Waals surface area (Å²) >= 11 is 0. The van der Waals surface area contributed by atoms with Crippen LogP contribution in [-0.4, -0.2) is 167 Å². The van der Waals surface area contributed by atoms with Crippen LogP contribution < -0.4 is 32.8 Å². The maximum absolute atomic E-state index is 13.6. The fourth-order valence-electron chi connectivity index (χ4n) is 8.60. The summed E-state index contributed by atoms with van der Waals surface area (Å²) in [6, 6.07) is 0.927. The molecule has 13 N–H and O–H groups in total. The Bertz CT molecular complexity index is 3300. The van der Waals surface area contributed by atoms with Crippen molar-refractivity contribution in [3.05, 3.63) is 62.4 Å². The molecule has 8 rings (SSSR count). The van der Waals surface area contributed by atoms with Gasteiger partial charge < -0.3 is 70.0 Å². The van der Waals surface area contributed by atoms with Crippen LogP contribution in [0.25, 0.3) is 22.3 Å². The number of aromatic amines is 2. The second-order valence-corrected chi connectivity index (χ2v) is 22.9. The molecule has 0 aliphatic carbocycles. The third-order valence-corrected chi connectivity index (χ3v) is 17.2. The minimum absolute atomic E-state index is 0.00544. The van der Waals surface area contributed by atoms with Crippen LogP contribution in [0.2, 0.25) is 0 Å². The average Bonchev–Trinajstić information content (AvgIpc) is 4.16. The Hall–Kier alpha value is -4.62. The molecule has 0 spiro atoms. The van der Waals surface area contributed by atoms with Crippen LogP contribution in [0, 0.1) is 5.92 Å². The van der Waals surface area contributed by atoms with E-state index in [-0.39, 0.29) is 53.7 Å². The third-order valence-electron chi connectivity index (χ3n) is 11.9. The number of phosphoric acid groups is 4. The second-order valence-electron chi connectivity index (χ2n) is 16.9. The maximum atomic E-state index is 13.6. The monoisotopic (exact) mass is 1160 g/mol. The van der Waals surface area contributed by atoms with Gasteiger partial charge in [0, 0.05) is 38.5 Å². The van der Waals surface area contributed by atoms with Crippen LogP contribution in [0.15, 0.2) is 45.6 Å². The van der Waals surface area contributed by atoms with Gasteiger partial charge in [-0.3, -0.25) is 51.4 Å². The van der Waals surface area contributed by atoms with Crippen LogP contribution in [-0.2, 0) is 75.7 Å². The topological polar surface area (TPSA) is 516 Å². The van der Waals surface area contributed by atoms with Gasteiger partial charge in [-0.2, -0.15) is 8.62 Å². The van der Waals surface area contributed by atoms with Crippen molar-refractivity contribution >= 4 is 65.4 Å². The largest absolute Gasteiger partial charge is 0.490 e. The number of hydrogen-bond acceptors (Lipinski definition) is 27. The van der Waals surface area contributed by atoms with E-state index in [4.69, 9.17) is 53.2 Å². The maximum Gasteiger partial charge on any atom is 0.490 e. The van der Waals surface area contributed by atoms with Crippen LogP contribution in [0.1, 0.15) is 32.0 Å². The number of hydrogen-bond donors (Lipinski definition) is 11. The molecular weight excluding hydrogens is 1110 g/mol. The van der Waals surface area contributed by atoms with Crippen molar-refractivity contribution in [3.8, 4) is 0 Å². The number of aromatic nitrogens is 10. The van der Waals surface area contributed by atoms with Gasteiger partial charge in [0.1, 0.15) is 54.6 Å². The number of fused-ring (bicyclic) bond motifs is 2. The third kappa shape index (κ3) is 12.5. The number of aryl methyl sites for hydroxylation is 1. The van der Waals surface area contributed by atoms with Crippen molar-refractivity contribution in [1.29, 1.82) is 0 Å². The molecule has 0 amide bonds. The van der Waals surface area contributed by atoms with Crippen molar-refractivity contribution in [1.82, 2.24) is 43.6 Å². The minimum atomic E-state index is -6.18. The van der Waals surface area contributed by atoms with Crippen LogP contribution in [0.5, 0.6) is 0 Å². The van der Waals surface area contributed by atoms with Crippen molar-refractivity contribution < 1.29 is 108 Å². The lowest BCUT2D eigenvalue weighted by Gasteiger charge is -2.26. The molecule has 0 radical (unpaired) electrons.